The molecule has 1 aliphatic carbocycles. The van der Waals surface area contributed by atoms with Crippen LogP contribution in [0.3, 0.4) is 0 Å². The minimum absolute atomic E-state index is 0.756. The van der Waals surface area contributed by atoms with Gasteiger partial charge in [-0.15, -0.1) is 0 Å². The predicted molar refractivity (Wildman–Crippen MR) is 62.3 cm³/mol. The molecule has 0 heterocycles. The third-order valence-electron chi connectivity index (χ3n) is 3.46. The van der Waals surface area contributed by atoms with Crippen molar-refractivity contribution in [2.45, 2.75) is 51.5 Å². The smallest absolute Gasteiger partial charge is 0.00923 e. The highest BCUT2D eigenvalue weighted by molar-refractivity contribution is 4.74. The fourth-order valence-corrected chi connectivity index (χ4v) is 2.54. The van der Waals surface area contributed by atoms with Crippen LogP contribution >= 0.6 is 0 Å². The van der Waals surface area contributed by atoms with Crippen LogP contribution in [-0.4, -0.2) is 31.1 Å². The molecule has 0 bridgehead atoms. The van der Waals surface area contributed by atoms with E-state index in [1.807, 2.05) is 0 Å². The minimum atomic E-state index is 0.756. The number of rotatable bonds is 5. The summed E-state index contributed by atoms with van der Waals surface area (Å²) in [7, 11) is 2.28. The van der Waals surface area contributed by atoms with Crippen LogP contribution in [0.25, 0.3) is 0 Å². The van der Waals surface area contributed by atoms with Gasteiger partial charge in [-0.1, -0.05) is 26.2 Å². The third-order valence-corrected chi connectivity index (χ3v) is 3.46. The van der Waals surface area contributed by atoms with Crippen LogP contribution in [0.5, 0.6) is 0 Å². The van der Waals surface area contributed by atoms with Crippen LogP contribution in [0, 0.1) is 5.92 Å². The van der Waals surface area contributed by atoms with Gasteiger partial charge in [0.15, 0.2) is 0 Å². The molecule has 1 aliphatic rings. The molecule has 0 aliphatic heterocycles. The second-order valence-corrected chi connectivity index (χ2v) is 4.91. The van der Waals surface area contributed by atoms with E-state index in [-0.39, 0.29) is 0 Å². The van der Waals surface area contributed by atoms with Crippen molar-refractivity contribution in [2.75, 3.05) is 20.1 Å². The third kappa shape index (κ3) is 3.97. The molecule has 2 heteroatoms. The number of hydrogen-bond donors (Lipinski definition) is 1. The van der Waals surface area contributed by atoms with E-state index in [0.29, 0.717) is 0 Å². The van der Waals surface area contributed by atoms with Crippen molar-refractivity contribution in [1.82, 2.24) is 4.90 Å². The van der Waals surface area contributed by atoms with Crippen molar-refractivity contribution < 1.29 is 0 Å². The lowest BCUT2D eigenvalue weighted by Gasteiger charge is -2.32. The van der Waals surface area contributed by atoms with Gasteiger partial charge in [0.1, 0.15) is 0 Å². The zero-order chi connectivity index (χ0) is 10.4. The largest absolute Gasteiger partial charge is 0.330 e. The maximum atomic E-state index is 5.57. The molecule has 14 heavy (non-hydrogen) atoms. The average molecular weight is 198 g/mol. The summed E-state index contributed by atoms with van der Waals surface area (Å²) in [5, 5.41) is 0. The fraction of sp³-hybridized carbons (Fsp3) is 1.00. The minimum Gasteiger partial charge on any atom is -0.330 e. The predicted octanol–water partition coefficient (Wildman–Crippen LogP) is 2.24. The van der Waals surface area contributed by atoms with Crippen molar-refractivity contribution in [3.05, 3.63) is 0 Å². The van der Waals surface area contributed by atoms with Crippen molar-refractivity contribution >= 4 is 0 Å². The lowest BCUT2D eigenvalue weighted by atomic mass is 9.93. The molecule has 1 rings (SSSR count). The summed E-state index contributed by atoms with van der Waals surface area (Å²) in [6, 6.07) is 0.851. The summed E-state index contributed by atoms with van der Waals surface area (Å²) in [5.74, 6) is 0.756. The van der Waals surface area contributed by atoms with Crippen molar-refractivity contribution in [3.8, 4) is 0 Å². The quantitative estimate of drug-likeness (QED) is 0.734. The molecule has 0 radical (unpaired) electrons. The molecular weight excluding hydrogens is 172 g/mol. The fourth-order valence-electron chi connectivity index (χ4n) is 2.54. The van der Waals surface area contributed by atoms with Gasteiger partial charge in [-0.05, 0) is 38.8 Å². The SMILES string of the molecule is CC(CCN)CN(C)C1CCCCC1. The standard InChI is InChI=1S/C12H26N2/c1-11(8-9-13)10-14(2)12-6-4-3-5-7-12/h11-12H,3-10,13H2,1-2H3. The Hall–Kier alpha value is -0.0800. The first kappa shape index (κ1) is 12.0. The van der Waals surface area contributed by atoms with Crippen LogP contribution in [-0.2, 0) is 0 Å². The monoisotopic (exact) mass is 198 g/mol. The maximum absolute atomic E-state index is 5.57. The molecule has 2 nitrogen and oxygen atoms in total. The van der Waals surface area contributed by atoms with E-state index in [9.17, 15) is 0 Å². The Balaban J connectivity index is 2.21. The van der Waals surface area contributed by atoms with Gasteiger partial charge in [0.2, 0.25) is 0 Å². The maximum Gasteiger partial charge on any atom is 0.00923 e. The van der Waals surface area contributed by atoms with E-state index in [0.717, 1.165) is 24.9 Å². The zero-order valence-corrected chi connectivity index (χ0v) is 9.84. The van der Waals surface area contributed by atoms with E-state index >= 15 is 0 Å². The second kappa shape index (κ2) is 6.41. The highest BCUT2D eigenvalue weighted by Crippen LogP contribution is 2.22. The van der Waals surface area contributed by atoms with Gasteiger partial charge in [0.05, 0.1) is 0 Å². The van der Waals surface area contributed by atoms with Crippen LogP contribution in [0.2, 0.25) is 0 Å². The Labute approximate surface area is 88.8 Å². The summed E-state index contributed by atoms with van der Waals surface area (Å²) in [4.78, 5) is 2.56. The van der Waals surface area contributed by atoms with Gasteiger partial charge in [0, 0.05) is 12.6 Å². The lowest BCUT2D eigenvalue weighted by Crippen LogP contribution is -2.36. The second-order valence-electron chi connectivity index (χ2n) is 4.91. The van der Waals surface area contributed by atoms with E-state index in [1.165, 1.54) is 38.6 Å². The van der Waals surface area contributed by atoms with Gasteiger partial charge in [0.25, 0.3) is 0 Å². The molecule has 0 aromatic carbocycles. The Morgan fingerprint density at radius 2 is 1.93 bits per heavy atom. The molecular formula is C12H26N2. The van der Waals surface area contributed by atoms with Gasteiger partial charge in [-0.3, -0.25) is 0 Å². The highest BCUT2D eigenvalue weighted by atomic mass is 15.1. The molecule has 2 N–H and O–H groups in total. The average Bonchev–Trinajstić information content (AvgIpc) is 2.19. The first-order valence-corrected chi connectivity index (χ1v) is 6.14. The van der Waals surface area contributed by atoms with Crippen molar-refractivity contribution in [1.29, 1.82) is 0 Å². The Bertz CT molecular complexity index is 141. The summed E-state index contributed by atoms with van der Waals surface area (Å²) < 4.78 is 0. The van der Waals surface area contributed by atoms with Gasteiger partial charge in [-0.2, -0.15) is 0 Å². The number of nitrogens with zero attached hydrogens (tertiary/aromatic N) is 1. The first-order chi connectivity index (χ1) is 6.74. The molecule has 0 spiro atoms. The van der Waals surface area contributed by atoms with E-state index in [1.54, 1.807) is 0 Å². The summed E-state index contributed by atoms with van der Waals surface area (Å²) in [6.45, 7) is 4.37. The normalized spacial score (nSPS) is 21.4. The number of hydrogen-bond acceptors (Lipinski definition) is 2. The molecule has 84 valence electrons. The van der Waals surface area contributed by atoms with E-state index in [4.69, 9.17) is 5.73 Å². The van der Waals surface area contributed by atoms with Crippen molar-refractivity contribution in [3.63, 3.8) is 0 Å². The molecule has 0 aromatic heterocycles. The topological polar surface area (TPSA) is 29.3 Å². The molecule has 0 aromatic rings. The van der Waals surface area contributed by atoms with Crippen LogP contribution in [0.4, 0.5) is 0 Å². The number of nitrogens with two attached hydrogens (primary N) is 1. The molecule has 0 amide bonds. The Morgan fingerprint density at radius 3 is 2.50 bits per heavy atom. The van der Waals surface area contributed by atoms with Gasteiger partial charge in [-0.25, -0.2) is 0 Å². The van der Waals surface area contributed by atoms with Crippen LogP contribution < -0.4 is 5.73 Å². The van der Waals surface area contributed by atoms with Crippen molar-refractivity contribution in [2.24, 2.45) is 11.7 Å². The van der Waals surface area contributed by atoms with E-state index in [2.05, 4.69) is 18.9 Å². The van der Waals surface area contributed by atoms with Gasteiger partial charge < -0.3 is 10.6 Å². The summed E-state index contributed by atoms with van der Waals surface area (Å²) in [5.41, 5.74) is 5.57. The Kier molecular flexibility index (Phi) is 5.49. The van der Waals surface area contributed by atoms with Crippen LogP contribution in [0.1, 0.15) is 45.4 Å². The molecule has 0 saturated heterocycles. The van der Waals surface area contributed by atoms with Crippen LogP contribution in [0.15, 0.2) is 0 Å². The molecule has 1 unspecified atom stereocenters. The Morgan fingerprint density at radius 1 is 1.29 bits per heavy atom. The summed E-state index contributed by atoms with van der Waals surface area (Å²) >= 11 is 0. The molecule has 1 fully saturated rings. The first-order valence-electron chi connectivity index (χ1n) is 6.14. The molecule has 1 atom stereocenters. The lowest BCUT2D eigenvalue weighted by molar-refractivity contribution is 0.168. The van der Waals surface area contributed by atoms with Gasteiger partial charge >= 0.3 is 0 Å². The zero-order valence-electron chi connectivity index (χ0n) is 9.84. The molecule has 1 saturated carbocycles. The highest BCUT2D eigenvalue weighted by Gasteiger charge is 2.18. The van der Waals surface area contributed by atoms with E-state index < -0.39 is 0 Å². The summed E-state index contributed by atoms with van der Waals surface area (Å²) in [6.07, 6.45) is 8.29.